The molecule has 0 radical (unpaired) electrons. The molecule has 2 aliphatic heterocycles. The Morgan fingerprint density at radius 1 is 0.607 bits per heavy atom. The number of carbonyl (C=O) groups excluding carboxylic acids is 5. The average Bonchev–Trinajstić information content (AvgIpc) is 3.46. The minimum atomic E-state index is -0.554. The maximum atomic E-state index is 14.0. The summed E-state index contributed by atoms with van der Waals surface area (Å²) in [5, 5.41) is 0. The van der Waals surface area contributed by atoms with E-state index in [2.05, 4.69) is 0 Å². The number of fused-ring (bicyclic) bond motifs is 12. The van der Waals surface area contributed by atoms with Gasteiger partial charge in [0.2, 0.25) is 0 Å². The van der Waals surface area contributed by atoms with Gasteiger partial charge in [-0.1, -0.05) is 0 Å². The van der Waals surface area contributed by atoms with E-state index in [1.807, 2.05) is 0 Å². The van der Waals surface area contributed by atoms with E-state index in [1.54, 1.807) is 0 Å². The van der Waals surface area contributed by atoms with Gasteiger partial charge in [0.1, 0.15) is 5.78 Å². The van der Waals surface area contributed by atoms with Crippen molar-refractivity contribution in [2.24, 2.45) is 58.2 Å². The molecule has 28 heavy (non-hydrogen) atoms. The van der Waals surface area contributed by atoms with Gasteiger partial charge in [-0.3, -0.25) is 24.0 Å². The van der Waals surface area contributed by atoms with Crippen LogP contribution in [0.25, 0.3) is 0 Å². The van der Waals surface area contributed by atoms with Crippen LogP contribution in [0, 0.1) is 58.2 Å². The third-order valence-electron chi connectivity index (χ3n) is 9.85. The second-order valence-electron chi connectivity index (χ2n) is 10.3. The van der Waals surface area contributed by atoms with Crippen molar-refractivity contribution in [1.82, 2.24) is 0 Å². The summed E-state index contributed by atoms with van der Waals surface area (Å²) in [6.45, 7) is 0. The molecule has 5 aliphatic carbocycles. The molecule has 2 saturated heterocycles. The summed E-state index contributed by atoms with van der Waals surface area (Å²) in [6, 6.07) is 0. The van der Waals surface area contributed by atoms with Gasteiger partial charge in [-0.25, -0.2) is 0 Å². The summed E-state index contributed by atoms with van der Waals surface area (Å²) in [7, 11) is 0. The van der Waals surface area contributed by atoms with Crippen LogP contribution in [0.1, 0.15) is 38.5 Å². The molecule has 5 saturated carbocycles. The molecule has 7 aliphatic rings. The zero-order valence-corrected chi connectivity index (χ0v) is 15.2. The number of esters is 4. The predicted octanol–water partition coefficient (Wildman–Crippen LogP) is 1.03. The summed E-state index contributed by atoms with van der Waals surface area (Å²) in [4.78, 5) is 62.8. The van der Waals surface area contributed by atoms with E-state index in [1.165, 1.54) is 0 Å². The highest BCUT2D eigenvalue weighted by Gasteiger charge is 2.78. The van der Waals surface area contributed by atoms with E-state index >= 15 is 0 Å². The van der Waals surface area contributed by atoms with Gasteiger partial charge in [0.25, 0.3) is 0 Å². The molecule has 0 aromatic heterocycles. The Balaban J connectivity index is 1.27. The first kappa shape index (κ1) is 15.8. The highest BCUT2D eigenvalue weighted by Crippen LogP contribution is 2.75. The van der Waals surface area contributed by atoms with Crippen molar-refractivity contribution in [3.63, 3.8) is 0 Å². The smallest absolute Gasteiger partial charge is 0.317 e. The van der Waals surface area contributed by atoms with E-state index in [4.69, 9.17) is 9.47 Å². The van der Waals surface area contributed by atoms with Crippen molar-refractivity contribution in [3.05, 3.63) is 0 Å². The third-order valence-corrected chi connectivity index (χ3v) is 9.85. The molecular weight excluding hydrogens is 364 g/mol. The average molecular weight is 384 g/mol. The molecule has 0 amide bonds. The highest BCUT2D eigenvalue weighted by atomic mass is 16.6. The van der Waals surface area contributed by atoms with Gasteiger partial charge in [0.05, 0.1) is 23.7 Å². The van der Waals surface area contributed by atoms with E-state index in [9.17, 15) is 24.0 Å². The molecule has 7 nitrogen and oxygen atoms in total. The Morgan fingerprint density at radius 3 is 1.43 bits per heavy atom. The summed E-state index contributed by atoms with van der Waals surface area (Å²) in [6.07, 6.45) is 4.27. The molecule has 7 heteroatoms. The van der Waals surface area contributed by atoms with E-state index in [0.29, 0.717) is 12.8 Å². The molecule has 2 heterocycles. The third kappa shape index (κ3) is 1.40. The van der Waals surface area contributed by atoms with Crippen LogP contribution in [0.3, 0.4) is 0 Å². The first-order valence-electron chi connectivity index (χ1n) is 10.4. The first-order chi connectivity index (χ1) is 13.4. The van der Waals surface area contributed by atoms with Crippen molar-refractivity contribution in [2.45, 2.75) is 38.5 Å². The van der Waals surface area contributed by atoms with Gasteiger partial charge < -0.3 is 9.47 Å². The van der Waals surface area contributed by atoms with Crippen molar-refractivity contribution < 1.29 is 33.4 Å². The molecule has 4 bridgehead atoms. The lowest BCUT2D eigenvalue weighted by Gasteiger charge is -2.41. The van der Waals surface area contributed by atoms with Crippen LogP contribution in [0.15, 0.2) is 0 Å². The number of hydrogen-bond acceptors (Lipinski definition) is 7. The minimum Gasteiger partial charge on any atom is -0.393 e. The Bertz CT molecular complexity index is 850. The van der Waals surface area contributed by atoms with Crippen molar-refractivity contribution in [2.75, 3.05) is 0 Å². The number of rotatable bonds is 0. The molecule has 7 fully saturated rings. The molecule has 0 aromatic rings. The maximum Gasteiger partial charge on any atom is 0.317 e. The fourth-order valence-electron chi connectivity index (χ4n) is 9.16. The number of ether oxygens (including phenoxy) is 2. The van der Waals surface area contributed by atoms with Crippen LogP contribution in [0.4, 0.5) is 0 Å². The Morgan fingerprint density at radius 2 is 1.00 bits per heavy atom. The number of cyclic esters (lactones) is 4. The van der Waals surface area contributed by atoms with Crippen molar-refractivity contribution in [3.8, 4) is 0 Å². The van der Waals surface area contributed by atoms with E-state index in [0.717, 1.165) is 25.7 Å². The standard InChI is InChI=1S/C21H20O7/c22-15-11-7-3-9(13(11)17(24)27-15)20(5-7)1-2-21(19(20)26)6-8-4-10(21)14-12(8)16(23)28-18(14)25/h7-14H,1-6H2/t7?,8?,9-,10?,11?,12?,13?,14?,20?,21?/m0/s1. The van der Waals surface area contributed by atoms with Gasteiger partial charge in [-0.15, -0.1) is 0 Å². The molecule has 146 valence electrons. The predicted molar refractivity (Wildman–Crippen MR) is 87.7 cm³/mol. The molecule has 2 spiro atoms. The Hall–Kier alpha value is -2.05. The fraction of sp³-hybridized carbons (Fsp3) is 0.762. The molecule has 9 unspecified atom stereocenters. The Labute approximate surface area is 160 Å². The fourth-order valence-corrected chi connectivity index (χ4v) is 9.16. The minimum absolute atomic E-state index is 0.0532. The summed E-state index contributed by atoms with van der Waals surface area (Å²) >= 11 is 0. The number of Topliss-reactive ketones (excluding diaryl/α,β-unsaturated/α-hetero) is 1. The van der Waals surface area contributed by atoms with Gasteiger partial charge in [0.15, 0.2) is 0 Å². The van der Waals surface area contributed by atoms with Crippen molar-refractivity contribution in [1.29, 1.82) is 0 Å². The monoisotopic (exact) mass is 384 g/mol. The lowest BCUT2D eigenvalue weighted by Crippen LogP contribution is -2.48. The zero-order valence-electron chi connectivity index (χ0n) is 15.2. The van der Waals surface area contributed by atoms with Gasteiger partial charge in [-0.05, 0) is 62.2 Å². The summed E-state index contributed by atoms with van der Waals surface area (Å²) in [5.74, 6) is -3.28. The lowest BCUT2D eigenvalue weighted by molar-refractivity contribution is -0.156. The SMILES string of the molecule is O=C1OC(=O)C2C1C1CC2C2(CCC3(CC4C[C@H]3C3C(=O)OC(=O)C43)C2=O)C1. The van der Waals surface area contributed by atoms with Crippen LogP contribution in [0.5, 0.6) is 0 Å². The molecule has 7 rings (SSSR count). The molecule has 0 aromatic carbocycles. The number of carbonyl (C=O) groups is 5. The number of hydrogen-bond donors (Lipinski definition) is 0. The van der Waals surface area contributed by atoms with Crippen LogP contribution in [0.2, 0.25) is 0 Å². The Kier molecular flexibility index (Phi) is 2.49. The van der Waals surface area contributed by atoms with Gasteiger partial charge in [0, 0.05) is 10.8 Å². The molecule has 10 atom stereocenters. The zero-order chi connectivity index (χ0) is 19.2. The normalized spacial score (nSPS) is 57.6. The van der Waals surface area contributed by atoms with Crippen LogP contribution in [-0.2, 0) is 33.4 Å². The summed E-state index contributed by atoms with van der Waals surface area (Å²) < 4.78 is 9.82. The maximum absolute atomic E-state index is 14.0. The second kappa shape index (κ2) is 4.41. The first-order valence-corrected chi connectivity index (χ1v) is 10.4. The topological polar surface area (TPSA) is 104 Å². The van der Waals surface area contributed by atoms with Crippen LogP contribution >= 0.6 is 0 Å². The van der Waals surface area contributed by atoms with Gasteiger partial charge in [-0.2, -0.15) is 0 Å². The quantitative estimate of drug-likeness (QED) is 0.454. The van der Waals surface area contributed by atoms with Crippen LogP contribution in [-0.4, -0.2) is 29.7 Å². The molecule has 0 N–H and O–H groups in total. The van der Waals surface area contributed by atoms with Crippen molar-refractivity contribution >= 4 is 29.7 Å². The van der Waals surface area contributed by atoms with Crippen LogP contribution < -0.4 is 0 Å². The molecular formula is C21H20O7. The van der Waals surface area contributed by atoms with E-state index < -0.39 is 46.5 Å². The summed E-state index contributed by atoms with van der Waals surface area (Å²) in [5.41, 5.74) is -1.11. The number of ketones is 1. The lowest BCUT2D eigenvalue weighted by atomic mass is 9.58. The second-order valence-corrected chi connectivity index (χ2v) is 10.3. The van der Waals surface area contributed by atoms with E-state index in [-0.39, 0.29) is 41.3 Å². The highest BCUT2D eigenvalue weighted by molar-refractivity contribution is 6.02. The largest absolute Gasteiger partial charge is 0.393 e. The van der Waals surface area contributed by atoms with Gasteiger partial charge >= 0.3 is 23.9 Å².